The fraction of sp³-hybridized carbons (Fsp3) is 0.474. The first-order valence-electron chi connectivity index (χ1n) is 8.98. The number of carbonyl (C=O) groups excluding carboxylic acids is 1. The Morgan fingerprint density at radius 1 is 1.33 bits per heavy atom. The van der Waals surface area contributed by atoms with Gasteiger partial charge in [0.15, 0.2) is 11.6 Å². The number of amides is 1. The fourth-order valence-corrected chi connectivity index (χ4v) is 4.35. The van der Waals surface area contributed by atoms with Crippen LogP contribution in [0, 0.1) is 25.5 Å². The van der Waals surface area contributed by atoms with Crippen LogP contribution in [0.4, 0.5) is 8.78 Å². The molecule has 2 atom stereocenters. The minimum absolute atomic E-state index is 0.0585. The van der Waals surface area contributed by atoms with Gasteiger partial charge in [0.05, 0.1) is 0 Å². The number of hydrogen-bond donors (Lipinski definition) is 2. The van der Waals surface area contributed by atoms with E-state index in [0.717, 1.165) is 29.6 Å². The molecule has 3 rings (SSSR count). The third-order valence-electron chi connectivity index (χ3n) is 5.14. The summed E-state index contributed by atoms with van der Waals surface area (Å²) in [5.41, 5.74) is 1.57. The van der Waals surface area contributed by atoms with Crippen LogP contribution in [0.25, 0.3) is 0 Å². The summed E-state index contributed by atoms with van der Waals surface area (Å²) in [4.78, 5) is 25.3. The molecule has 146 valence electrons. The first-order chi connectivity index (χ1) is 12.9. The summed E-state index contributed by atoms with van der Waals surface area (Å²) >= 11 is 1.18. The van der Waals surface area contributed by atoms with Crippen molar-refractivity contribution in [3.8, 4) is 0 Å². The molecular weight excluding hydrogens is 372 g/mol. The van der Waals surface area contributed by atoms with Crippen LogP contribution in [0.5, 0.6) is 0 Å². The largest absolute Gasteiger partial charge is 0.351 e. The topological polar surface area (TPSA) is 63.1 Å². The summed E-state index contributed by atoms with van der Waals surface area (Å²) < 4.78 is 28.4. The molecule has 1 aliphatic rings. The number of aromatic nitrogens is 1. The highest BCUT2D eigenvalue weighted by atomic mass is 32.1. The minimum atomic E-state index is -0.876. The molecule has 0 spiro atoms. The predicted molar refractivity (Wildman–Crippen MR) is 101 cm³/mol. The van der Waals surface area contributed by atoms with E-state index in [1.165, 1.54) is 17.4 Å². The maximum atomic E-state index is 13.6. The number of piperidine rings is 1. The SMILES string of the molecule is Cc1sc(=O)n(CCC(=O)NC2CNCCC2c2ccc(F)c(F)c2)c1C. The number of rotatable bonds is 5. The molecule has 0 bridgehead atoms. The maximum Gasteiger partial charge on any atom is 0.307 e. The molecule has 0 radical (unpaired) electrons. The highest BCUT2D eigenvalue weighted by Gasteiger charge is 2.28. The second-order valence-electron chi connectivity index (χ2n) is 6.86. The predicted octanol–water partition coefficient (Wildman–Crippen LogP) is 2.46. The zero-order valence-electron chi connectivity index (χ0n) is 15.4. The molecule has 1 aromatic heterocycles. The molecule has 8 heteroatoms. The lowest BCUT2D eigenvalue weighted by Gasteiger charge is -2.33. The third kappa shape index (κ3) is 4.44. The van der Waals surface area contributed by atoms with Crippen LogP contribution in [-0.2, 0) is 11.3 Å². The van der Waals surface area contributed by atoms with E-state index in [1.807, 2.05) is 13.8 Å². The molecule has 2 unspecified atom stereocenters. The van der Waals surface area contributed by atoms with Gasteiger partial charge in [-0.1, -0.05) is 17.4 Å². The second kappa shape index (κ2) is 8.31. The van der Waals surface area contributed by atoms with Gasteiger partial charge in [-0.2, -0.15) is 0 Å². The van der Waals surface area contributed by atoms with Gasteiger partial charge in [0.25, 0.3) is 0 Å². The lowest BCUT2D eigenvalue weighted by Crippen LogP contribution is -2.50. The van der Waals surface area contributed by atoms with Gasteiger partial charge >= 0.3 is 4.87 Å². The van der Waals surface area contributed by atoms with Crippen molar-refractivity contribution < 1.29 is 13.6 Å². The zero-order chi connectivity index (χ0) is 19.6. The van der Waals surface area contributed by atoms with E-state index in [4.69, 9.17) is 0 Å². The van der Waals surface area contributed by atoms with E-state index in [9.17, 15) is 18.4 Å². The molecule has 1 aliphatic heterocycles. The molecule has 2 heterocycles. The average Bonchev–Trinajstić information content (AvgIpc) is 2.88. The van der Waals surface area contributed by atoms with Crippen molar-refractivity contribution in [2.24, 2.45) is 0 Å². The Labute approximate surface area is 160 Å². The molecule has 0 aliphatic carbocycles. The summed E-state index contributed by atoms with van der Waals surface area (Å²) in [6, 6.07) is 3.70. The number of aryl methyl sites for hydroxylation is 1. The van der Waals surface area contributed by atoms with Gasteiger partial charge in [-0.15, -0.1) is 0 Å². The standard InChI is InChI=1S/C19H23F2N3O2S/c1-11-12(2)27-19(26)24(11)8-6-18(25)23-17-10-22-7-5-14(17)13-3-4-15(20)16(21)9-13/h3-4,9,14,17,22H,5-8,10H2,1-2H3,(H,23,25). The highest BCUT2D eigenvalue weighted by molar-refractivity contribution is 7.09. The van der Waals surface area contributed by atoms with Gasteiger partial charge in [-0.25, -0.2) is 8.78 Å². The van der Waals surface area contributed by atoms with Crippen molar-refractivity contribution in [2.75, 3.05) is 13.1 Å². The van der Waals surface area contributed by atoms with Crippen molar-refractivity contribution in [3.63, 3.8) is 0 Å². The molecule has 2 N–H and O–H groups in total. The Balaban J connectivity index is 1.65. The maximum absolute atomic E-state index is 13.6. The van der Waals surface area contributed by atoms with Crippen molar-refractivity contribution in [1.29, 1.82) is 0 Å². The van der Waals surface area contributed by atoms with Gasteiger partial charge in [0.2, 0.25) is 5.91 Å². The van der Waals surface area contributed by atoms with Crippen molar-refractivity contribution in [2.45, 2.75) is 45.2 Å². The molecule has 1 saturated heterocycles. The van der Waals surface area contributed by atoms with Crippen LogP contribution >= 0.6 is 11.3 Å². The molecular formula is C19H23F2N3O2S. The minimum Gasteiger partial charge on any atom is -0.351 e. The Hall–Kier alpha value is -2.06. The molecule has 5 nitrogen and oxygen atoms in total. The van der Waals surface area contributed by atoms with E-state index < -0.39 is 11.6 Å². The Bertz CT molecular complexity index is 894. The van der Waals surface area contributed by atoms with Crippen LogP contribution in [0.1, 0.15) is 34.9 Å². The number of carbonyl (C=O) groups is 1. The van der Waals surface area contributed by atoms with Gasteiger partial charge in [0.1, 0.15) is 0 Å². The van der Waals surface area contributed by atoms with Crippen molar-refractivity contribution >= 4 is 17.2 Å². The van der Waals surface area contributed by atoms with Gasteiger partial charge < -0.3 is 15.2 Å². The summed E-state index contributed by atoms with van der Waals surface area (Å²) in [5, 5.41) is 6.21. The molecule has 2 aromatic rings. The molecule has 1 fully saturated rings. The first-order valence-corrected chi connectivity index (χ1v) is 9.80. The van der Waals surface area contributed by atoms with Crippen LogP contribution < -0.4 is 15.5 Å². The van der Waals surface area contributed by atoms with Crippen molar-refractivity contribution in [1.82, 2.24) is 15.2 Å². The number of hydrogen-bond acceptors (Lipinski definition) is 4. The van der Waals surface area contributed by atoms with E-state index in [1.54, 1.807) is 10.6 Å². The molecule has 1 amide bonds. The average molecular weight is 395 g/mol. The monoisotopic (exact) mass is 395 g/mol. The summed E-state index contributed by atoms with van der Waals surface area (Å²) in [7, 11) is 0. The van der Waals surface area contributed by atoms with Gasteiger partial charge in [0, 0.05) is 42.0 Å². The zero-order valence-corrected chi connectivity index (χ0v) is 16.2. The Morgan fingerprint density at radius 2 is 2.11 bits per heavy atom. The van der Waals surface area contributed by atoms with Crippen LogP contribution in [0.3, 0.4) is 0 Å². The van der Waals surface area contributed by atoms with Crippen LogP contribution in [-0.4, -0.2) is 29.6 Å². The van der Waals surface area contributed by atoms with Crippen molar-refractivity contribution in [3.05, 3.63) is 55.6 Å². The van der Waals surface area contributed by atoms with E-state index >= 15 is 0 Å². The Morgan fingerprint density at radius 3 is 2.78 bits per heavy atom. The van der Waals surface area contributed by atoms with Gasteiger partial charge in [-0.3, -0.25) is 9.59 Å². The normalized spacial score (nSPS) is 19.9. The number of halogens is 2. The van der Waals surface area contributed by atoms with Gasteiger partial charge in [-0.05, 0) is 44.5 Å². The smallest absolute Gasteiger partial charge is 0.307 e. The molecule has 1 aromatic carbocycles. The second-order valence-corrected chi connectivity index (χ2v) is 8.02. The van der Waals surface area contributed by atoms with Crippen LogP contribution in [0.2, 0.25) is 0 Å². The quantitative estimate of drug-likeness (QED) is 0.818. The van der Waals surface area contributed by atoms with Crippen LogP contribution in [0.15, 0.2) is 23.0 Å². The third-order valence-corrected chi connectivity index (χ3v) is 6.13. The Kier molecular flexibility index (Phi) is 6.06. The lowest BCUT2D eigenvalue weighted by molar-refractivity contribution is -0.122. The highest BCUT2D eigenvalue weighted by Crippen LogP contribution is 2.27. The summed E-state index contributed by atoms with van der Waals surface area (Å²) in [5.74, 6) is -2.00. The van der Waals surface area contributed by atoms with E-state index in [0.29, 0.717) is 18.7 Å². The number of nitrogens with zero attached hydrogens (tertiary/aromatic N) is 1. The first kappa shape index (κ1) is 19.7. The molecule has 27 heavy (non-hydrogen) atoms. The molecule has 0 saturated carbocycles. The number of benzene rings is 1. The fourth-order valence-electron chi connectivity index (χ4n) is 3.49. The summed E-state index contributed by atoms with van der Waals surface area (Å²) in [6.45, 7) is 5.40. The number of nitrogens with one attached hydrogen (secondary N) is 2. The number of thiazole rings is 1. The van der Waals surface area contributed by atoms with E-state index in [2.05, 4.69) is 10.6 Å². The summed E-state index contributed by atoms with van der Waals surface area (Å²) in [6.07, 6.45) is 0.913. The van der Waals surface area contributed by atoms with E-state index in [-0.39, 0.29) is 29.2 Å². The lowest BCUT2D eigenvalue weighted by atomic mass is 9.86.